The standard InChI is InChI=1S/C17H34N2O/c1-13(2)8-6-4-5-7-11-19-17(20)16-12-15(18)10-9-14(16)3/h13-16H,4-12,18H2,1-3H3,(H,19,20). The van der Waals surface area contributed by atoms with E-state index in [4.69, 9.17) is 5.73 Å². The van der Waals surface area contributed by atoms with Crippen LogP contribution >= 0.6 is 0 Å². The van der Waals surface area contributed by atoms with Crippen molar-refractivity contribution >= 4 is 5.91 Å². The van der Waals surface area contributed by atoms with Crippen molar-refractivity contribution in [1.29, 1.82) is 0 Å². The number of carbonyl (C=O) groups is 1. The first-order valence-electron chi connectivity index (χ1n) is 8.54. The van der Waals surface area contributed by atoms with Crippen molar-refractivity contribution in [2.75, 3.05) is 6.54 Å². The third kappa shape index (κ3) is 6.74. The third-order valence-electron chi connectivity index (χ3n) is 4.58. The van der Waals surface area contributed by atoms with E-state index in [2.05, 4.69) is 26.1 Å². The number of carbonyl (C=O) groups excluding carboxylic acids is 1. The first-order chi connectivity index (χ1) is 9.50. The molecule has 1 aliphatic carbocycles. The summed E-state index contributed by atoms with van der Waals surface area (Å²) in [5.41, 5.74) is 5.98. The van der Waals surface area contributed by atoms with Crippen LogP contribution in [0.5, 0.6) is 0 Å². The fraction of sp³-hybridized carbons (Fsp3) is 0.941. The Bertz CT molecular complexity index is 278. The highest BCUT2D eigenvalue weighted by Crippen LogP contribution is 2.29. The van der Waals surface area contributed by atoms with Crippen LogP contribution < -0.4 is 11.1 Å². The lowest BCUT2D eigenvalue weighted by atomic mass is 9.77. The van der Waals surface area contributed by atoms with Gasteiger partial charge in [0.1, 0.15) is 0 Å². The van der Waals surface area contributed by atoms with E-state index < -0.39 is 0 Å². The molecule has 0 aliphatic heterocycles. The van der Waals surface area contributed by atoms with Gasteiger partial charge in [-0.1, -0.05) is 46.5 Å². The molecule has 1 amide bonds. The molecule has 0 bridgehead atoms. The van der Waals surface area contributed by atoms with Gasteiger partial charge < -0.3 is 11.1 Å². The predicted molar refractivity (Wildman–Crippen MR) is 85.4 cm³/mol. The van der Waals surface area contributed by atoms with E-state index >= 15 is 0 Å². The fourth-order valence-corrected chi connectivity index (χ4v) is 3.09. The quantitative estimate of drug-likeness (QED) is 0.670. The number of hydrogen-bond donors (Lipinski definition) is 2. The Balaban J connectivity index is 2.07. The minimum atomic E-state index is 0.139. The molecule has 20 heavy (non-hydrogen) atoms. The van der Waals surface area contributed by atoms with Gasteiger partial charge in [0, 0.05) is 18.5 Å². The van der Waals surface area contributed by atoms with Gasteiger partial charge in [0.25, 0.3) is 0 Å². The van der Waals surface area contributed by atoms with Crippen LogP contribution in [-0.4, -0.2) is 18.5 Å². The molecule has 3 nitrogen and oxygen atoms in total. The van der Waals surface area contributed by atoms with E-state index in [1.54, 1.807) is 0 Å². The van der Waals surface area contributed by atoms with E-state index in [-0.39, 0.29) is 17.9 Å². The van der Waals surface area contributed by atoms with Crippen LogP contribution in [0.1, 0.15) is 72.1 Å². The summed E-state index contributed by atoms with van der Waals surface area (Å²) in [5.74, 6) is 1.67. The largest absolute Gasteiger partial charge is 0.356 e. The topological polar surface area (TPSA) is 55.1 Å². The molecule has 0 aromatic rings. The first kappa shape index (κ1) is 17.5. The van der Waals surface area contributed by atoms with Crippen LogP contribution in [0.4, 0.5) is 0 Å². The van der Waals surface area contributed by atoms with Crippen molar-refractivity contribution in [2.24, 2.45) is 23.5 Å². The van der Waals surface area contributed by atoms with Gasteiger partial charge in [-0.15, -0.1) is 0 Å². The van der Waals surface area contributed by atoms with Gasteiger partial charge in [0.05, 0.1) is 0 Å². The molecule has 3 N–H and O–H groups in total. The lowest BCUT2D eigenvalue weighted by molar-refractivity contribution is -0.127. The summed E-state index contributed by atoms with van der Waals surface area (Å²) in [5, 5.41) is 3.11. The van der Waals surface area contributed by atoms with Crippen LogP contribution in [0, 0.1) is 17.8 Å². The highest BCUT2D eigenvalue weighted by atomic mass is 16.1. The van der Waals surface area contributed by atoms with Gasteiger partial charge in [-0.3, -0.25) is 4.79 Å². The van der Waals surface area contributed by atoms with Crippen molar-refractivity contribution < 1.29 is 4.79 Å². The lowest BCUT2D eigenvalue weighted by Crippen LogP contribution is -2.41. The number of hydrogen-bond acceptors (Lipinski definition) is 2. The van der Waals surface area contributed by atoms with Crippen LogP contribution in [0.15, 0.2) is 0 Å². The fourth-order valence-electron chi connectivity index (χ4n) is 3.09. The van der Waals surface area contributed by atoms with Crippen LogP contribution in [0.2, 0.25) is 0 Å². The SMILES string of the molecule is CC(C)CCCCCCNC(=O)C1CC(N)CCC1C. The second-order valence-corrected chi connectivity index (χ2v) is 7.04. The number of nitrogens with two attached hydrogens (primary N) is 1. The maximum Gasteiger partial charge on any atom is 0.223 e. The van der Waals surface area contributed by atoms with Gasteiger partial charge >= 0.3 is 0 Å². The number of nitrogens with one attached hydrogen (secondary N) is 1. The normalized spacial score (nSPS) is 26.8. The summed E-state index contributed by atoms with van der Waals surface area (Å²) in [6, 6.07) is 0.220. The van der Waals surface area contributed by atoms with Gasteiger partial charge in [0.2, 0.25) is 5.91 Å². The van der Waals surface area contributed by atoms with E-state index in [0.29, 0.717) is 5.92 Å². The average Bonchev–Trinajstić information content (AvgIpc) is 2.39. The zero-order valence-corrected chi connectivity index (χ0v) is 13.7. The Kier molecular flexibility index (Phi) is 8.20. The Hall–Kier alpha value is -0.570. The van der Waals surface area contributed by atoms with Crippen molar-refractivity contribution in [1.82, 2.24) is 5.32 Å². The number of unbranched alkanes of at least 4 members (excludes halogenated alkanes) is 3. The molecule has 118 valence electrons. The van der Waals surface area contributed by atoms with Gasteiger partial charge in [-0.2, -0.15) is 0 Å². The zero-order valence-electron chi connectivity index (χ0n) is 13.7. The molecule has 0 aromatic heterocycles. The second kappa shape index (κ2) is 9.38. The summed E-state index contributed by atoms with van der Waals surface area (Å²) in [4.78, 5) is 12.2. The predicted octanol–water partition coefficient (Wildman–Crippen LogP) is 3.47. The van der Waals surface area contributed by atoms with Crippen LogP contribution in [0.3, 0.4) is 0 Å². The van der Waals surface area contributed by atoms with Gasteiger partial charge in [-0.05, 0) is 37.5 Å². The summed E-state index contributed by atoms with van der Waals surface area (Å²) < 4.78 is 0. The van der Waals surface area contributed by atoms with Crippen molar-refractivity contribution in [2.45, 2.75) is 78.2 Å². The Labute approximate surface area is 125 Å². The Morgan fingerprint density at radius 2 is 1.90 bits per heavy atom. The molecule has 0 radical (unpaired) electrons. The molecule has 1 fully saturated rings. The highest BCUT2D eigenvalue weighted by Gasteiger charge is 2.30. The van der Waals surface area contributed by atoms with E-state index in [9.17, 15) is 4.79 Å². The van der Waals surface area contributed by atoms with E-state index in [1.165, 1.54) is 25.7 Å². The molecule has 0 aromatic carbocycles. The average molecular weight is 282 g/mol. The molecule has 1 saturated carbocycles. The molecule has 0 heterocycles. The van der Waals surface area contributed by atoms with Gasteiger partial charge in [0.15, 0.2) is 0 Å². The molecule has 3 unspecified atom stereocenters. The minimum Gasteiger partial charge on any atom is -0.356 e. The maximum atomic E-state index is 12.2. The molecule has 1 aliphatic rings. The maximum absolute atomic E-state index is 12.2. The summed E-state index contributed by atoms with van der Waals surface area (Å²) in [6.45, 7) is 7.56. The molecule has 3 atom stereocenters. The molecule has 0 spiro atoms. The molecule has 1 rings (SSSR count). The van der Waals surface area contributed by atoms with Crippen LogP contribution in [0.25, 0.3) is 0 Å². The van der Waals surface area contributed by atoms with Gasteiger partial charge in [-0.25, -0.2) is 0 Å². The summed E-state index contributed by atoms with van der Waals surface area (Å²) >= 11 is 0. The van der Waals surface area contributed by atoms with E-state index in [1.807, 2.05) is 0 Å². The monoisotopic (exact) mass is 282 g/mol. The molecular formula is C17H34N2O. The minimum absolute atomic E-state index is 0.139. The van der Waals surface area contributed by atoms with E-state index in [0.717, 1.165) is 38.1 Å². The molecular weight excluding hydrogens is 248 g/mol. The lowest BCUT2D eigenvalue weighted by Gasteiger charge is -2.31. The van der Waals surface area contributed by atoms with Crippen molar-refractivity contribution in [3.8, 4) is 0 Å². The van der Waals surface area contributed by atoms with Crippen molar-refractivity contribution in [3.05, 3.63) is 0 Å². The highest BCUT2D eigenvalue weighted by molar-refractivity contribution is 5.79. The Morgan fingerprint density at radius 3 is 2.60 bits per heavy atom. The molecule has 0 saturated heterocycles. The third-order valence-corrected chi connectivity index (χ3v) is 4.58. The smallest absolute Gasteiger partial charge is 0.223 e. The van der Waals surface area contributed by atoms with Crippen LogP contribution in [-0.2, 0) is 4.79 Å². The number of amides is 1. The summed E-state index contributed by atoms with van der Waals surface area (Å²) in [6.07, 6.45) is 9.29. The summed E-state index contributed by atoms with van der Waals surface area (Å²) in [7, 11) is 0. The van der Waals surface area contributed by atoms with Crippen molar-refractivity contribution in [3.63, 3.8) is 0 Å². The zero-order chi connectivity index (χ0) is 15.0. The number of rotatable bonds is 8. The molecule has 3 heteroatoms. The second-order valence-electron chi connectivity index (χ2n) is 7.04. The Morgan fingerprint density at radius 1 is 1.20 bits per heavy atom. The first-order valence-corrected chi connectivity index (χ1v) is 8.54.